The van der Waals surface area contributed by atoms with E-state index in [1.165, 1.54) is 6.26 Å². The minimum absolute atomic E-state index is 0. The van der Waals surface area contributed by atoms with E-state index >= 15 is 0 Å². The van der Waals surface area contributed by atoms with Crippen LogP contribution in [0.1, 0.15) is 30.1 Å². The van der Waals surface area contributed by atoms with E-state index in [9.17, 15) is 0 Å². The van der Waals surface area contributed by atoms with Gasteiger partial charge in [-0.1, -0.05) is 5.16 Å². The second-order valence-corrected chi connectivity index (χ2v) is 4.81. The number of anilines is 2. The molecule has 0 atom stereocenters. The number of nitrogens with one attached hydrogen (secondary N) is 1. The van der Waals surface area contributed by atoms with Gasteiger partial charge in [0.05, 0.1) is 12.2 Å². The lowest BCUT2D eigenvalue weighted by atomic mass is 9.78. The largest absolute Gasteiger partial charge is 0.368 e. The summed E-state index contributed by atoms with van der Waals surface area (Å²) in [5.41, 5.74) is 13.3. The van der Waals surface area contributed by atoms with Crippen molar-refractivity contribution in [3.8, 4) is 0 Å². The van der Waals surface area contributed by atoms with Crippen molar-refractivity contribution < 1.29 is 4.52 Å². The average molecular weight is 333 g/mol. The highest BCUT2D eigenvalue weighted by atomic mass is 35.5. The molecule has 1 aliphatic rings. The first-order chi connectivity index (χ1) is 9.20. The minimum atomic E-state index is 0. The van der Waals surface area contributed by atoms with Gasteiger partial charge in [-0.15, -0.1) is 24.8 Å². The van der Waals surface area contributed by atoms with Crippen molar-refractivity contribution in [2.24, 2.45) is 5.73 Å². The highest BCUT2D eigenvalue weighted by molar-refractivity contribution is 5.85. The summed E-state index contributed by atoms with van der Waals surface area (Å²) in [7, 11) is 0. The van der Waals surface area contributed by atoms with Crippen LogP contribution in [0.15, 0.2) is 22.9 Å². The molecule has 1 saturated carbocycles. The number of nitrogen functional groups attached to an aromatic ring is 1. The molecule has 1 fully saturated rings. The zero-order valence-corrected chi connectivity index (χ0v) is 12.9. The van der Waals surface area contributed by atoms with Gasteiger partial charge in [-0.25, -0.2) is 4.98 Å². The van der Waals surface area contributed by atoms with Gasteiger partial charge in [0.1, 0.15) is 17.8 Å². The first-order valence-electron chi connectivity index (χ1n) is 6.24. The van der Waals surface area contributed by atoms with E-state index in [-0.39, 0.29) is 36.8 Å². The normalized spacial score (nSPS) is 19.9. The van der Waals surface area contributed by atoms with Gasteiger partial charge >= 0.3 is 0 Å². The standard InChI is InChI=1S/C12H16N6O.2ClH/c13-8-3-7(4-8)10-5-11(17-12(14)16-10)15-6-9-1-2-19-18-9;;/h1-2,5,7-8H,3-4,6,13H2,(H3,14,15,16,17);2*1H. The van der Waals surface area contributed by atoms with E-state index < -0.39 is 0 Å². The lowest BCUT2D eigenvalue weighted by molar-refractivity contribution is 0.345. The molecule has 7 nitrogen and oxygen atoms in total. The predicted molar refractivity (Wildman–Crippen MR) is 84.7 cm³/mol. The summed E-state index contributed by atoms with van der Waals surface area (Å²) in [6.45, 7) is 0.538. The fraction of sp³-hybridized carbons (Fsp3) is 0.417. The lowest BCUT2D eigenvalue weighted by Crippen LogP contribution is -2.35. The first kappa shape index (κ1) is 17.5. The van der Waals surface area contributed by atoms with Gasteiger partial charge in [0.25, 0.3) is 0 Å². The molecule has 1 aliphatic carbocycles. The maximum absolute atomic E-state index is 5.80. The summed E-state index contributed by atoms with van der Waals surface area (Å²) in [5, 5.41) is 6.98. The van der Waals surface area contributed by atoms with Crippen LogP contribution < -0.4 is 16.8 Å². The molecular formula is C12H18Cl2N6O. The Kier molecular flexibility index (Phi) is 6.19. The fourth-order valence-corrected chi connectivity index (χ4v) is 2.20. The van der Waals surface area contributed by atoms with Gasteiger partial charge in [0, 0.05) is 24.1 Å². The van der Waals surface area contributed by atoms with Crippen LogP contribution in [0.25, 0.3) is 0 Å². The van der Waals surface area contributed by atoms with Crippen LogP contribution in [0.4, 0.5) is 11.8 Å². The Morgan fingerprint density at radius 1 is 1.29 bits per heavy atom. The Bertz CT molecular complexity index is 559. The molecule has 116 valence electrons. The SMILES string of the molecule is Cl.Cl.Nc1nc(NCc2ccon2)cc(C2CC(N)C2)n1. The molecule has 0 bridgehead atoms. The molecule has 21 heavy (non-hydrogen) atoms. The number of rotatable bonds is 4. The first-order valence-corrected chi connectivity index (χ1v) is 6.24. The van der Waals surface area contributed by atoms with Gasteiger partial charge in [0.2, 0.25) is 5.95 Å². The molecule has 0 unspecified atom stereocenters. The van der Waals surface area contributed by atoms with Crippen LogP contribution in [0.2, 0.25) is 0 Å². The Morgan fingerprint density at radius 2 is 2.05 bits per heavy atom. The quantitative estimate of drug-likeness (QED) is 0.780. The minimum Gasteiger partial charge on any atom is -0.368 e. The summed E-state index contributed by atoms with van der Waals surface area (Å²) in [6.07, 6.45) is 3.45. The van der Waals surface area contributed by atoms with Crippen molar-refractivity contribution in [2.45, 2.75) is 31.3 Å². The van der Waals surface area contributed by atoms with Gasteiger partial charge in [-0.2, -0.15) is 4.98 Å². The highest BCUT2D eigenvalue weighted by Crippen LogP contribution is 2.35. The fourth-order valence-electron chi connectivity index (χ4n) is 2.20. The zero-order chi connectivity index (χ0) is 13.2. The molecule has 9 heteroatoms. The summed E-state index contributed by atoms with van der Waals surface area (Å²) < 4.78 is 4.77. The zero-order valence-electron chi connectivity index (χ0n) is 11.2. The maximum Gasteiger partial charge on any atom is 0.222 e. The molecule has 2 heterocycles. The molecule has 0 saturated heterocycles. The van der Waals surface area contributed by atoms with Crippen LogP contribution >= 0.6 is 24.8 Å². The molecule has 0 aromatic carbocycles. The smallest absolute Gasteiger partial charge is 0.222 e. The molecule has 0 amide bonds. The van der Waals surface area contributed by atoms with Crippen molar-refractivity contribution in [3.63, 3.8) is 0 Å². The van der Waals surface area contributed by atoms with Crippen LogP contribution in [-0.2, 0) is 6.54 Å². The predicted octanol–water partition coefficient (Wildman–Crippen LogP) is 1.71. The monoisotopic (exact) mass is 332 g/mol. The second kappa shape index (κ2) is 7.44. The number of nitrogens with zero attached hydrogens (tertiary/aromatic N) is 3. The lowest BCUT2D eigenvalue weighted by Gasteiger charge is -2.32. The van der Waals surface area contributed by atoms with Gasteiger partial charge < -0.3 is 21.3 Å². The summed E-state index contributed by atoms with van der Waals surface area (Å²) >= 11 is 0. The molecule has 0 spiro atoms. The van der Waals surface area contributed by atoms with Crippen LogP contribution in [0, 0.1) is 0 Å². The third kappa shape index (κ3) is 4.20. The van der Waals surface area contributed by atoms with E-state index in [4.69, 9.17) is 16.0 Å². The highest BCUT2D eigenvalue weighted by Gasteiger charge is 2.29. The van der Waals surface area contributed by atoms with Crippen molar-refractivity contribution >= 4 is 36.6 Å². The molecule has 3 rings (SSSR count). The third-order valence-electron chi connectivity index (χ3n) is 3.30. The van der Waals surface area contributed by atoms with Crippen molar-refractivity contribution in [3.05, 3.63) is 29.8 Å². The van der Waals surface area contributed by atoms with Crippen molar-refractivity contribution in [1.82, 2.24) is 15.1 Å². The number of hydrogen-bond donors (Lipinski definition) is 3. The molecule has 2 aromatic rings. The van der Waals surface area contributed by atoms with Crippen molar-refractivity contribution in [1.29, 1.82) is 0 Å². The van der Waals surface area contributed by atoms with Gasteiger partial charge in [-0.05, 0) is 12.8 Å². The van der Waals surface area contributed by atoms with Crippen LogP contribution in [0.5, 0.6) is 0 Å². The Morgan fingerprint density at radius 3 is 2.67 bits per heavy atom. The van der Waals surface area contributed by atoms with Gasteiger partial charge in [-0.3, -0.25) is 0 Å². The maximum atomic E-state index is 5.80. The summed E-state index contributed by atoms with van der Waals surface area (Å²) in [6, 6.07) is 4.00. The summed E-state index contributed by atoms with van der Waals surface area (Å²) in [4.78, 5) is 8.43. The number of hydrogen-bond acceptors (Lipinski definition) is 7. The molecular weight excluding hydrogens is 315 g/mol. The van der Waals surface area contributed by atoms with Crippen molar-refractivity contribution in [2.75, 3.05) is 11.1 Å². The van der Waals surface area contributed by atoms with E-state index in [1.54, 1.807) is 6.07 Å². The van der Waals surface area contributed by atoms with Crippen LogP contribution in [0.3, 0.4) is 0 Å². The topological polar surface area (TPSA) is 116 Å². The van der Waals surface area contributed by atoms with E-state index in [0.29, 0.717) is 18.3 Å². The van der Waals surface area contributed by atoms with Crippen LogP contribution in [-0.4, -0.2) is 21.2 Å². The molecule has 2 aromatic heterocycles. The molecule has 5 N–H and O–H groups in total. The van der Waals surface area contributed by atoms with Gasteiger partial charge in [0.15, 0.2) is 0 Å². The number of nitrogens with two attached hydrogens (primary N) is 2. The number of aromatic nitrogens is 3. The molecule has 0 radical (unpaired) electrons. The molecule has 0 aliphatic heterocycles. The van der Waals surface area contributed by atoms with E-state index in [2.05, 4.69) is 20.4 Å². The Balaban J connectivity index is 0.00000110. The number of halogens is 2. The third-order valence-corrected chi connectivity index (χ3v) is 3.30. The van der Waals surface area contributed by atoms with E-state index in [1.807, 2.05) is 6.07 Å². The second-order valence-electron chi connectivity index (χ2n) is 4.81. The Labute approximate surface area is 134 Å². The Hall–Kier alpha value is -1.57. The summed E-state index contributed by atoms with van der Waals surface area (Å²) in [5.74, 6) is 1.37. The average Bonchev–Trinajstić information content (AvgIpc) is 2.85. The van der Waals surface area contributed by atoms with E-state index in [0.717, 1.165) is 24.2 Å².